The Kier molecular flexibility index (Phi) is 7.13. The maximum atomic E-state index is 12.6. The first-order valence-corrected chi connectivity index (χ1v) is 10.5. The van der Waals surface area contributed by atoms with Crippen LogP contribution in [0.3, 0.4) is 0 Å². The molecule has 0 aliphatic carbocycles. The summed E-state index contributed by atoms with van der Waals surface area (Å²) in [5, 5.41) is 6.70. The van der Waals surface area contributed by atoms with Gasteiger partial charge in [0.05, 0.1) is 30.9 Å². The maximum Gasteiger partial charge on any atom is 0.416 e. The Labute approximate surface area is 194 Å². The van der Waals surface area contributed by atoms with Crippen LogP contribution in [0.15, 0.2) is 36.4 Å². The molecule has 1 aliphatic rings. The Balaban J connectivity index is 1.51. The fraction of sp³-hybridized carbons (Fsp3) is 0.391. The van der Waals surface area contributed by atoms with E-state index in [1.54, 1.807) is 31.5 Å². The lowest BCUT2D eigenvalue weighted by Crippen LogP contribution is -2.43. The van der Waals surface area contributed by atoms with Crippen LogP contribution in [0, 0.1) is 0 Å². The highest BCUT2D eigenvalue weighted by Crippen LogP contribution is 2.29. The van der Waals surface area contributed by atoms with Gasteiger partial charge in [0.25, 0.3) is 0 Å². The minimum atomic E-state index is -4.43. The van der Waals surface area contributed by atoms with Gasteiger partial charge in [0.2, 0.25) is 11.8 Å². The molecule has 0 saturated heterocycles. The molecule has 1 N–H and O–H groups in total. The molecule has 3 rings (SSSR count). The van der Waals surface area contributed by atoms with E-state index in [1.807, 2.05) is 0 Å². The lowest BCUT2D eigenvalue weighted by atomic mass is 10.1. The summed E-state index contributed by atoms with van der Waals surface area (Å²) in [7, 11) is 0. The minimum absolute atomic E-state index is 0.168. The molecular formula is C23H25F3N4O4. The standard InChI is InChI=1S/C23H25F3N4O4/c1-22(2,3)34-21(33)18-12-17-14-29(10-11-30(17)28-18)20(32)13-27-19(31)9-6-15-4-7-16(8-5-15)23(24,25)26/h4-9,12H,10-11,13-14H2,1-3H3,(H,27,31)/b9-6+. The number of hydrogen-bond acceptors (Lipinski definition) is 5. The number of carbonyl (C=O) groups excluding carboxylic acids is 3. The van der Waals surface area contributed by atoms with Crippen LogP contribution in [0.25, 0.3) is 6.08 Å². The lowest BCUT2D eigenvalue weighted by molar-refractivity contribution is -0.137. The summed E-state index contributed by atoms with van der Waals surface area (Å²) in [6, 6.07) is 5.94. The highest BCUT2D eigenvalue weighted by atomic mass is 19.4. The average molecular weight is 478 g/mol. The number of aromatic nitrogens is 2. The summed E-state index contributed by atoms with van der Waals surface area (Å²) < 4.78 is 44.8. The molecule has 0 atom stereocenters. The van der Waals surface area contributed by atoms with Gasteiger partial charge in [0.15, 0.2) is 5.69 Å². The van der Waals surface area contributed by atoms with Crippen molar-refractivity contribution in [3.63, 3.8) is 0 Å². The fourth-order valence-electron chi connectivity index (χ4n) is 3.20. The molecule has 182 valence electrons. The van der Waals surface area contributed by atoms with Crippen molar-refractivity contribution in [2.75, 3.05) is 13.1 Å². The Morgan fingerprint density at radius 1 is 1.12 bits per heavy atom. The van der Waals surface area contributed by atoms with Crippen LogP contribution in [0.5, 0.6) is 0 Å². The predicted octanol–water partition coefficient (Wildman–Crippen LogP) is 3.03. The van der Waals surface area contributed by atoms with Crippen LogP contribution < -0.4 is 5.32 Å². The predicted molar refractivity (Wildman–Crippen MR) is 116 cm³/mol. The van der Waals surface area contributed by atoms with Gasteiger partial charge >= 0.3 is 12.1 Å². The van der Waals surface area contributed by atoms with E-state index in [0.29, 0.717) is 24.3 Å². The first-order valence-electron chi connectivity index (χ1n) is 10.5. The van der Waals surface area contributed by atoms with Gasteiger partial charge in [0.1, 0.15) is 5.60 Å². The lowest BCUT2D eigenvalue weighted by Gasteiger charge is -2.27. The molecule has 1 aromatic carbocycles. The van der Waals surface area contributed by atoms with Crippen molar-refractivity contribution in [3.8, 4) is 0 Å². The molecule has 0 bridgehead atoms. The third-order valence-corrected chi connectivity index (χ3v) is 4.84. The number of esters is 1. The smallest absolute Gasteiger partial charge is 0.416 e. The number of halogens is 3. The molecule has 1 aromatic heterocycles. The molecule has 34 heavy (non-hydrogen) atoms. The second-order valence-corrected chi connectivity index (χ2v) is 8.73. The molecule has 0 fully saturated rings. The van der Waals surface area contributed by atoms with Gasteiger partial charge in [-0.05, 0) is 50.6 Å². The molecule has 0 saturated carbocycles. The van der Waals surface area contributed by atoms with Crippen molar-refractivity contribution >= 4 is 23.9 Å². The molecule has 11 heteroatoms. The summed E-state index contributed by atoms with van der Waals surface area (Å²) in [4.78, 5) is 38.3. The summed E-state index contributed by atoms with van der Waals surface area (Å²) >= 11 is 0. The number of rotatable bonds is 5. The molecular weight excluding hydrogens is 453 g/mol. The first-order chi connectivity index (χ1) is 15.8. The largest absolute Gasteiger partial charge is 0.455 e. The Bertz CT molecular complexity index is 1100. The van der Waals surface area contributed by atoms with Gasteiger partial charge in [-0.2, -0.15) is 18.3 Å². The molecule has 0 radical (unpaired) electrons. The number of amides is 2. The zero-order valence-corrected chi connectivity index (χ0v) is 19.0. The highest BCUT2D eigenvalue weighted by molar-refractivity contribution is 5.94. The molecule has 8 nitrogen and oxygen atoms in total. The van der Waals surface area contributed by atoms with Gasteiger partial charge in [0, 0.05) is 12.6 Å². The van der Waals surface area contributed by atoms with E-state index in [4.69, 9.17) is 4.74 Å². The van der Waals surface area contributed by atoms with Crippen molar-refractivity contribution in [2.45, 2.75) is 45.6 Å². The highest BCUT2D eigenvalue weighted by Gasteiger charge is 2.30. The zero-order chi connectivity index (χ0) is 25.1. The van der Waals surface area contributed by atoms with Gasteiger partial charge < -0.3 is 15.0 Å². The third-order valence-electron chi connectivity index (χ3n) is 4.84. The van der Waals surface area contributed by atoms with Crippen molar-refractivity contribution in [2.24, 2.45) is 0 Å². The second-order valence-electron chi connectivity index (χ2n) is 8.73. The van der Waals surface area contributed by atoms with E-state index in [2.05, 4.69) is 10.4 Å². The Morgan fingerprint density at radius 3 is 2.41 bits per heavy atom. The van der Waals surface area contributed by atoms with Crippen molar-refractivity contribution in [3.05, 3.63) is 58.9 Å². The molecule has 2 amide bonds. The number of nitrogens with one attached hydrogen (secondary N) is 1. The van der Waals surface area contributed by atoms with E-state index in [0.717, 1.165) is 18.2 Å². The maximum absolute atomic E-state index is 12.6. The molecule has 1 aliphatic heterocycles. The topological polar surface area (TPSA) is 93.5 Å². The quantitative estimate of drug-likeness (QED) is 0.527. The van der Waals surface area contributed by atoms with Crippen LogP contribution in [0.1, 0.15) is 48.1 Å². The Morgan fingerprint density at radius 2 is 1.79 bits per heavy atom. The SMILES string of the molecule is CC(C)(C)OC(=O)c1cc2n(n1)CCN(C(=O)CNC(=O)/C=C/c1ccc(C(F)(F)F)cc1)C2. The van der Waals surface area contributed by atoms with Crippen molar-refractivity contribution in [1.29, 1.82) is 0 Å². The average Bonchev–Trinajstić information content (AvgIpc) is 3.18. The van der Waals surface area contributed by atoms with E-state index >= 15 is 0 Å². The van der Waals surface area contributed by atoms with E-state index < -0.39 is 29.2 Å². The fourth-order valence-corrected chi connectivity index (χ4v) is 3.20. The normalized spacial score (nSPS) is 14.1. The van der Waals surface area contributed by atoms with Crippen LogP contribution in [-0.2, 0) is 33.6 Å². The summed E-state index contributed by atoms with van der Waals surface area (Å²) in [6.45, 7) is 6.01. The molecule has 2 aromatic rings. The van der Waals surface area contributed by atoms with E-state index in [-0.39, 0.29) is 24.7 Å². The molecule has 0 unspecified atom stereocenters. The van der Waals surface area contributed by atoms with Gasteiger partial charge in [-0.1, -0.05) is 12.1 Å². The number of alkyl halides is 3. The van der Waals surface area contributed by atoms with Crippen molar-refractivity contribution < 1.29 is 32.3 Å². The zero-order valence-electron chi connectivity index (χ0n) is 19.0. The van der Waals surface area contributed by atoms with Crippen LogP contribution >= 0.6 is 0 Å². The van der Waals surface area contributed by atoms with Crippen molar-refractivity contribution in [1.82, 2.24) is 20.0 Å². The molecule has 0 spiro atoms. The monoisotopic (exact) mass is 478 g/mol. The van der Waals surface area contributed by atoms with Crippen LogP contribution in [0.4, 0.5) is 13.2 Å². The van der Waals surface area contributed by atoms with Gasteiger partial charge in [-0.3, -0.25) is 14.3 Å². The van der Waals surface area contributed by atoms with Crippen LogP contribution in [0.2, 0.25) is 0 Å². The summed E-state index contributed by atoms with van der Waals surface area (Å²) in [6.07, 6.45) is -1.92. The van der Waals surface area contributed by atoms with Gasteiger partial charge in [-0.25, -0.2) is 4.79 Å². The number of benzene rings is 1. The minimum Gasteiger partial charge on any atom is -0.455 e. The molecule has 2 heterocycles. The second kappa shape index (κ2) is 9.70. The van der Waals surface area contributed by atoms with Gasteiger partial charge in [-0.15, -0.1) is 0 Å². The Hall–Kier alpha value is -3.63. The van der Waals surface area contributed by atoms with Crippen LogP contribution in [-0.4, -0.2) is 51.2 Å². The number of ether oxygens (including phenoxy) is 1. The number of hydrogen-bond donors (Lipinski definition) is 1. The summed E-state index contributed by atoms with van der Waals surface area (Å²) in [5.41, 5.74) is -0.169. The summed E-state index contributed by atoms with van der Waals surface area (Å²) in [5.74, 6) is -1.41. The third kappa shape index (κ3) is 6.69. The number of nitrogens with zero attached hydrogens (tertiary/aromatic N) is 3. The van der Waals surface area contributed by atoms with E-state index in [9.17, 15) is 27.6 Å². The number of carbonyl (C=O) groups is 3. The first kappa shape index (κ1) is 25.0. The number of fused-ring (bicyclic) bond motifs is 1. The van der Waals surface area contributed by atoms with E-state index in [1.165, 1.54) is 23.1 Å².